The number of nitrogens with zero attached hydrogens (tertiary/aromatic N) is 3. The lowest BCUT2D eigenvalue weighted by atomic mass is 10.3. The molecule has 0 atom stereocenters. The van der Waals surface area contributed by atoms with E-state index in [0.717, 1.165) is 0 Å². The van der Waals surface area contributed by atoms with Crippen LogP contribution in [0.5, 0.6) is 0 Å². The molecule has 15 heavy (non-hydrogen) atoms. The lowest BCUT2D eigenvalue weighted by molar-refractivity contribution is 0.0686. The van der Waals surface area contributed by atoms with Gasteiger partial charge in [0.2, 0.25) is 0 Å². The monoisotopic (exact) mass is 271 g/mol. The van der Waals surface area contributed by atoms with Gasteiger partial charge < -0.3 is 9.63 Å². The van der Waals surface area contributed by atoms with Crippen molar-refractivity contribution in [2.75, 3.05) is 0 Å². The van der Waals surface area contributed by atoms with Crippen molar-refractivity contribution in [3.8, 4) is 11.5 Å². The minimum atomic E-state index is -1.12. The SMILES string of the molecule is Cn1nc(Br)cc1-c1cc(C(=O)O)no1. The largest absolute Gasteiger partial charge is 0.476 e. The molecule has 0 aliphatic heterocycles. The summed E-state index contributed by atoms with van der Waals surface area (Å²) in [4.78, 5) is 10.6. The fourth-order valence-electron chi connectivity index (χ4n) is 1.16. The normalized spacial score (nSPS) is 10.5. The minimum Gasteiger partial charge on any atom is -0.476 e. The van der Waals surface area contributed by atoms with Crippen molar-refractivity contribution in [1.82, 2.24) is 14.9 Å². The number of rotatable bonds is 2. The van der Waals surface area contributed by atoms with Crippen LogP contribution in [-0.4, -0.2) is 26.0 Å². The molecule has 2 heterocycles. The van der Waals surface area contributed by atoms with Gasteiger partial charge in [0.15, 0.2) is 11.5 Å². The van der Waals surface area contributed by atoms with Crippen LogP contribution in [0.1, 0.15) is 10.5 Å². The maximum absolute atomic E-state index is 10.6. The van der Waals surface area contributed by atoms with E-state index in [4.69, 9.17) is 9.63 Å². The van der Waals surface area contributed by atoms with E-state index in [1.165, 1.54) is 6.07 Å². The van der Waals surface area contributed by atoms with Gasteiger partial charge in [-0.15, -0.1) is 0 Å². The van der Waals surface area contributed by atoms with Crippen molar-refractivity contribution in [1.29, 1.82) is 0 Å². The van der Waals surface area contributed by atoms with Crippen molar-refractivity contribution >= 4 is 21.9 Å². The maximum atomic E-state index is 10.6. The number of aromatic nitrogens is 3. The Bertz CT molecular complexity index is 517. The molecule has 6 nitrogen and oxygen atoms in total. The van der Waals surface area contributed by atoms with E-state index in [0.29, 0.717) is 16.1 Å². The Morgan fingerprint density at radius 1 is 1.60 bits per heavy atom. The second kappa shape index (κ2) is 3.50. The van der Waals surface area contributed by atoms with E-state index < -0.39 is 5.97 Å². The molecule has 0 aromatic carbocycles. The van der Waals surface area contributed by atoms with Crippen molar-refractivity contribution in [2.45, 2.75) is 0 Å². The van der Waals surface area contributed by atoms with Crippen LogP contribution in [0.15, 0.2) is 21.3 Å². The smallest absolute Gasteiger partial charge is 0.358 e. The highest BCUT2D eigenvalue weighted by atomic mass is 79.9. The molecule has 0 radical (unpaired) electrons. The van der Waals surface area contributed by atoms with Crippen LogP contribution >= 0.6 is 15.9 Å². The number of aromatic carboxylic acids is 1. The molecule has 2 aromatic rings. The Kier molecular flexibility index (Phi) is 2.31. The summed E-state index contributed by atoms with van der Waals surface area (Å²) in [6, 6.07) is 3.07. The van der Waals surface area contributed by atoms with E-state index in [1.54, 1.807) is 17.8 Å². The molecule has 0 unspecified atom stereocenters. The maximum Gasteiger partial charge on any atom is 0.358 e. The number of hydrogen-bond donors (Lipinski definition) is 1. The molecule has 78 valence electrons. The van der Waals surface area contributed by atoms with E-state index >= 15 is 0 Å². The fraction of sp³-hybridized carbons (Fsp3) is 0.125. The Morgan fingerprint density at radius 2 is 2.33 bits per heavy atom. The highest BCUT2D eigenvalue weighted by molar-refractivity contribution is 9.10. The summed E-state index contributed by atoms with van der Waals surface area (Å²) in [6.45, 7) is 0. The van der Waals surface area contributed by atoms with E-state index in [1.807, 2.05) is 0 Å². The third-order valence-corrected chi connectivity index (χ3v) is 2.22. The summed E-state index contributed by atoms with van der Waals surface area (Å²) >= 11 is 3.21. The van der Waals surface area contributed by atoms with Crippen LogP contribution in [0.25, 0.3) is 11.5 Å². The number of carbonyl (C=O) groups is 1. The zero-order chi connectivity index (χ0) is 11.0. The zero-order valence-electron chi connectivity index (χ0n) is 7.64. The second-order valence-corrected chi connectivity index (χ2v) is 3.67. The Labute approximate surface area is 92.6 Å². The van der Waals surface area contributed by atoms with Gasteiger partial charge in [0.05, 0.1) is 0 Å². The van der Waals surface area contributed by atoms with Gasteiger partial charge >= 0.3 is 5.97 Å². The van der Waals surface area contributed by atoms with Crippen molar-refractivity contribution in [3.63, 3.8) is 0 Å². The molecular formula is C8H6BrN3O3. The van der Waals surface area contributed by atoms with Crippen molar-refractivity contribution in [2.24, 2.45) is 7.05 Å². The molecule has 0 fully saturated rings. The first-order valence-electron chi connectivity index (χ1n) is 3.98. The van der Waals surface area contributed by atoms with Gasteiger partial charge in [-0.05, 0) is 15.9 Å². The fourth-order valence-corrected chi connectivity index (χ4v) is 1.61. The first kappa shape index (κ1) is 9.91. The lowest BCUT2D eigenvalue weighted by Crippen LogP contribution is -1.95. The Morgan fingerprint density at radius 3 is 2.80 bits per heavy atom. The van der Waals surface area contributed by atoms with Gasteiger partial charge in [-0.1, -0.05) is 5.16 Å². The summed E-state index contributed by atoms with van der Waals surface area (Å²) in [5.41, 5.74) is 0.532. The zero-order valence-corrected chi connectivity index (χ0v) is 9.22. The summed E-state index contributed by atoms with van der Waals surface area (Å²) in [7, 11) is 1.73. The van der Waals surface area contributed by atoms with E-state index in [9.17, 15) is 4.79 Å². The first-order chi connectivity index (χ1) is 7.08. The van der Waals surface area contributed by atoms with Gasteiger partial charge in [0.1, 0.15) is 10.3 Å². The molecule has 0 aliphatic carbocycles. The van der Waals surface area contributed by atoms with Gasteiger partial charge in [0.25, 0.3) is 0 Å². The van der Waals surface area contributed by atoms with Crippen LogP contribution in [0.3, 0.4) is 0 Å². The van der Waals surface area contributed by atoms with Crippen LogP contribution in [0.2, 0.25) is 0 Å². The average molecular weight is 272 g/mol. The molecule has 1 N–H and O–H groups in total. The third kappa shape index (κ3) is 1.78. The lowest BCUT2D eigenvalue weighted by Gasteiger charge is -1.93. The first-order valence-corrected chi connectivity index (χ1v) is 4.77. The molecule has 0 saturated carbocycles. The Hall–Kier alpha value is -1.63. The molecule has 7 heteroatoms. The molecule has 0 spiro atoms. The quantitative estimate of drug-likeness (QED) is 0.896. The van der Waals surface area contributed by atoms with Crippen molar-refractivity contribution in [3.05, 3.63) is 22.4 Å². The van der Waals surface area contributed by atoms with Gasteiger partial charge in [-0.2, -0.15) is 5.10 Å². The number of hydrogen-bond acceptors (Lipinski definition) is 4. The molecule has 2 rings (SSSR count). The van der Waals surface area contributed by atoms with Crippen LogP contribution in [0, 0.1) is 0 Å². The van der Waals surface area contributed by atoms with Gasteiger partial charge in [0, 0.05) is 19.2 Å². The number of halogens is 1. The predicted octanol–water partition coefficient (Wildman–Crippen LogP) is 1.54. The van der Waals surface area contributed by atoms with E-state index in [2.05, 4.69) is 26.2 Å². The predicted molar refractivity (Wildman–Crippen MR) is 53.4 cm³/mol. The third-order valence-electron chi connectivity index (χ3n) is 1.83. The molecule has 0 saturated heterocycles. The van der Waals surface area contributed by atoms with Crippen molar-refractivity contribution < 1.29 is 14.4 Å². The highest BCUT2D eigenvalue weighted by Crippen LogP contribution is 2.22. The second-order valence-electron chi connectivity index (χ2n) is 2.86. The minimum absolute atomic E-state index is 0.123. The number of aryl methyl sites for hydroxylation is 1. The number of carboxylic acid groups (broad SMARTS) is 1. The molecule has 0 bridgehead atoms. The van der Waals surface area contributed by atoms with Crippen LogP contribution in [0.4, 0.5) is 0 Å². The van der Waals surface area contributed by atoms with Crippen LogP contribution in [-0.2, 0) is 7.05 Å². The topological polar surface area (TPSA) is 81.2 Å². The summed E-state index contributed by atoms with van der Waals surface area (Å²) < 4.78 is 7.11. The van der Waals surface area contributed by atoms with Crippen LogP contribution < -0.4 is 0 Å². The number of carboxylic acids is 1. The summed E-state index contributed by atoms with van der Waals surface area (Å²) in [6.07, 6.45) is 0. The standard InChI is InChI=1S/C8H6BrN3O3/c1-12-5(3-7(9)10-12)6-2-4(8(13)14)11-15-6/h2-3H,1H3,(H,13,14). The Balaban J connectivity index is 2.45. The average Bonchev–Trinajstić information content (AvgIpc) is 2.71. The highest BCUT2D eigenvalue weighted by Gasteiger charge is 2.15. The van der Waals surface area contributed by atoms with Gasteiger partial charge in [-0.25, -0.2) is 4.79 Å². The molecule has 2 aromatic heterocycles. The molecular weight excluding hydrogens is 266 g/mol. The summed E-state index contributed by atoms with van der Waals surface area (Å²) in [5, 5.41) is 16.1. The molecule has 0 amide bonds. The molecule has 0 aliphatic rings. The summed E-state index contributed by atoms with van der Waals surface area (Å²) in [5.74, 6) is -0.751. The van der Waals surface area contributed by atoms with E-state index in [-0.39, 0.29) is 5.69 Å². The van der Waals surface area contributed by atoms with Gasteiger partial charge in [-0.3, -0.25) is 4.68 Å².